The molecule has 2 rings (SSSR count). The molecule has 1 aromatic rings. The minimum absolute atomic E-state index is 0.0525. The van der Waals surface area contributed by atoms with E-state index in [1.165, 1.54) is 19.1 Å². The van der Waals surface area contributed by atoms with Gasteiger partial charge in [-0.3, -0.25) is 4.79 Å². The third-order valence-electron chi connectivity index (χ3n) is 3.01. The van der Waals surface area contributed by atoms with Crippen molar-refractivity contribution in [2.75, 3.05) is 18.1 Å². The first kappa shape index (κ1) is 15.7. The molecular formula is C11H12INO5S2. The highest BCUT2D eigenvalue weighted by molar-refractivity contribution is 14.1. The number of sulfone groups is 1. The summed E-state index contributed by atoms with van der Waals surface area (Å²) in [5.74, 6) is -1.11. The minimum atomic E-state index is -3.93. The molecule has 0 bridgehead atoms. The van der Waals surface area contributed by atoms with Gasteiger partial charge in [0.15, 0.2) is 9.84 Å². The SMILES string of the molecule is CCS(=O)(=O)CCN1C(=O)c2ccc(I)cc2S1(=O)=O. The third-order valence-corrected chi connectivity index (χ3v) is 7.19. The summed E-state index contributed by atoms with van der Waals surface area (Å²) in [6.45, 7) is 1.13. The fourth-order valence-electron chi connectivity index (χ4n) is 1.84. The zero-order chi connectivity index (χ0) is 15.1. The van der Waals surface area contributed by atoms with Gasteiger partial charge in [-0.05, 0) is 40.8 Å². The number of carbonyl (C=O) groups excluding carboxylic acids is 1. The standard InChI is InChI=1S/C11H12INO5S2/c1-2-19(15,16)6-5-13-11(14)9-4-3-8(12)7-10(9)20(13,17)18/h3-4,7H,2,5-6H2,1H3. The Morgan fingerprint density at radius 1 is 1.30 bits per heavy atom. The summed E-state index contributed by atoms with van der Waals surface area (Å²) in [5.41, 5.74) is 0.0966. The summed E-state index contributed by atoms with van der Waals surface area (Å²) in [6, 6.07) is 4.50. The van der Waals surface area contributed by atoms with Crippen LogP contribution in [-0.2, 0) is 19.9 Å². The molecule has 9 heteroatoms. The second kappa shape index (κ2) is 5.26. The first-order valence-corrected chi connectivity index (χ1v) is 10.1. The molecular weight excluding hydrogens is 417 g/mol. The summed E-state index contributed by atoms with van der Waals surface area (Å²) < 4.78 is 48.8. The van der Waals surface area contributed by atoms with Crippen molar-refractivity contribution in [3.63, 3.8) is 0 Å². The van der Waals surface area contributed by atoms with Crippen LogP contribution in [0.25, 0.3) is 0 Å². The van der Waals surface area contributed by atoms with Crippen molar-refractivity contribution in [2.24, 2.45) is 0 Å². The van der Waals surface area contributed by atoms with Crippen LogP contribution in [0.3, 0.4) is 0 Å². The summed E-state index contributed by atoms with van der Waals surface area (Å²) in [6.07, 6.45) is 0. The van der Waals surface area contributed by atoms with Crippen LogP contribution >= 0.6 is 22.6 Å². The number of sulfonamides is 1. The fourth-order valence-corrected chi connectivity index (χ4v) is 5.00. The van der Waals surface area contributed by atoms with Crippen LogP contribution < -0.4 is 0 Å². The molecule has 0 aliphatic carbocycles. The Bertz CT molecular complexity index is 770. The van der Waals surface area contributed by atoms with Gasteiger partial charge in [0.25, 0.3) is 15.9 Å². The normalized spacial score (nSPS) is 17.3. The van der Waals surface area contributed by atoms with Gasteiger partial charge >= 0.3 is 0 Å². The lowest BCUT2D eigenvalue weighted by Crippen LogP contribution is -2.34. The van der Waals surface area contributed by atoms with E-state index < -0.39 is 25.8 Å². The Hall–Kier alpha value is -0.680. The van der Waals surface area contributed by atoms with Crippen LogP contribution in [0.1, 0.15) is 17.3 Å². The third kappa shape index (κ3) is 2.70. The molecule has 0 unspecified atom stereocenters. The molecule has 1 aliphatic heterocycles. The van der Waals surface area contributed by atoms with Crippen molar-refractivity contribution < 1.29 is 21.6 Å². The number of halogens is 1. The molecule has 1 heterocycles. The Morgan fingerprint density at radius 2 is 1.95 bits per heavy atom. The van der Waals surface area contributed by atoms with E-state index in [0.29, 0.717) is 7.88 Å². The quantitative estimate of drug-likeness (QED) is 0.663. The largest absolute Gasteiger partial charge is 0.269 e. The van der Waals surface area contributed by atoms with Gasteiger partial charge < -0.3 is 0 Å². The monoisotopic (exact) mass is 429 g/mol. The number of rotatable bonds is 4. The number of benzene rings is 1. The summed E-state index contributed by atoms with van der Waals surface area (Å²) >= 11 is 1.95. The number of nitrogens with zero attached hydrogens (tertiary/aromatic N) is 1. The zero-order valence-corrected chi connectivity index (χ0v) is 14.3. The van der Waals surface area contributed by atoms with Crippen LogP contribution in [-0.4, -0.2) is 45.1 Å². The van der Waals surface area contributed by atoms with Crippen molar-refractivity contribution in [3.05, 3.63) is 27.3 Å². The van der Waals surface area contributed by atoms with Crippen LogP contribution in [0.4, 0.5) is 0 Å². The van der Waals surface area contributed by atoms with Gasteiger partial charge in [-0.25, -0.2) is 21.1 Å². The van der Waals surface area contributed by atoms with Crippen LogP contribution in [0.15, 0.2) is 23.1 Å². The van der Waals surface area contributed by atoms with Crippen LogP contribution in [0, 0.1) is 3.57 Å². The summed E-state index contributed by atoms with van der Waals surface area (Å²) in [7, 11) is -7.27. The van der Waals surface area contributed by atoms with Crippen LogP contribution in [0.5, 0.6) is 0 Å². The molecule has 0 atom stereocenters. The van der Waals surface area contributed by atoms with E-state index in [1.807, 2.05) is 22.6 Å². The van der Waals surface area contributed by atoms with Gasteiger partial charge in [0.1, 0.15) is 4.90 Å². The first-order chi connectivity index (χ1) is 9.19. The Labute approximate surface area is 131 Å². The van der Waals surface area contributed by atoms with E-state index in [-0.39, 0.29) is 28.5 Å². The topological polar surface area (TPSA) is 88.6 Å². The Balaban J connectivity index is 2.38. The van der Waals surface area contributed by atoms with Gasteiger partial charge in [0, 0.05) is 9.32 Å². The van der Waals surface area contributed by atoms with Crippen molar-refractivity contribution >= 4 is 48.4 Å². The smallest absolute Gasteiger partial charge is 0.268 e. The van der Waals surface area contributed by atoms with Crippen molar-refractivity contribution in [3.8, 4) is 0 Å². The molecule has 0 saturated heterocycles. The summed E-state index contributed by atoms with van der Waals surface area (Å²) in [5, 5.41) is 0. The molecule has 1 aromatic carbocycles. The maximum Gasteiger partial charge on any atom is 0.269 e. The van der Waals surface area contributed by atoms with Gasteiger partial charge in [0.2, 0.25) is 0 Å². The second-order valence-corrected chi connectivity index (χ2v) is 9.81. The van der Waals surface area contributed by atoms with E-state index in [0.717, 1.165) is 0 Å². The predicted molar refractivity (Wildman–Crippen MR) is 81.7 cm³/mol. The average Bonchev–Trinajstić information content (AvgIpc) is 2.55. The van der Waals surface area contributed by atoms with Crippen molar-refractivity contribution in [1.82, 2.24) is 4.31 Å². The minimum Gasteiger partial charge on any atom is -0.268 e. The molecule has 6 nitrogen and oxygen atoms in total. The number of hydrogen-bond donors (Lipinski definition) is 0. The molecule has 0 aromatic heterocycles. The van der Waals surface area contributed by atoms with Gasteiger partial charge in [-0.15, -0.1) is 0 Å². The van der Waals surface area contributed by atoms with E-state index in [1.54, 1.807) is 6.07 Å². The highest BCUT2D eigenvalue weighted by atomic mass is 127. The molecule has 110 valence electrons. The van der Waals surface area contributed by atoms with Gasteiger partial charge in [-0.1, -0.05) is 6.92 Å². The molecule has 0 fully saturated rings. The lowest BCUT2D eigenvalue weighted by molar-refractivity contribution is 0.0876. The van der Waals surface area contributed by atoms with E-state index in [2.05, 4.69) is 0 Å². The molecule has 20 heavy (non-hydrogen) atoms. The zero-order valence-electron chi connectivity index (χ0n) is 10.5. The number of amides is 1. The lowest BCUT2D eigenvalue weighted by atomic mass is 10.2. The molecule has 0 N–H and O–H groups in total. The maximum atomic E-state index is 12.3. The van der Waals surface area contributed by atoms with E-state index in [4.69, 9.17) is 0 Å². The first-order valence-electron chi connectivity index (χ1n) is 5.76. The van der Waals surface area contributed by atoms with Crippen molar-refractivity contribution in [2.45, 2.75) is 11.8 Å². The Kier molecular flexibility index (Phi) is 4.13. The molecule has 0 spiro atoms. The number of hydrogen-bond acceptors (Lipinski definition) is 5. The number of carbonyl (C=O) groups is 1. The molecule has 0 saturated carbocycles. The maximum absolute atomic E-state index is 12.3. The van der Waals surface area contributed by atoms with Crippen molar-refractivity contribution in [1.29, 1.82) is 0 Å². The predicted octanol–water partition coefficient (Wildman–Crippen LogP) is 0.870. The second-order valence-electron chi connectivity index (χ2n) is 4.26. The highest BCUT2D eigenvalue weighted by Gasteiger charge is 2.41. The molecule has 0 radical (unpaired) electrons. The Morgan fingerprint density at radius 3 is 2.55 bits per heavy atom. The van der Waals surface area contributed by atoms with Crippen LogP contribution in [0.2, 0.25) is 0 Å². The molecule has 1 aliphatic rings. The number of fused-ring (bicyclic) bond motifs is 1. The van der Waals surface area contributed by atoms with E-state index in [9.17, 15) is 21.6 Å². The molecule has 1 amide bonds. The highest BCUT2D eigenvalue weighted by Crippen LogP contribution is 2.31. The average molecular weight is 429 g/mol. The van der Waals surface area contributed by atoms with Gasteiger partial charge in [-0.2, -0.15) is 0 Å². The fraction of sp³-hybridized carbons (Fsp3) is 0.364. The van der Waals surface area contributed by atoms with E-state index >= 15 is 0 Å². The van der Waals surface area contributed by atoms with Gasteiger partial charge in [0.05, 0.1) is 17.9 Å². The summed E-state index contributed by atoms with van der Waals surface area (Å²) in [4.78, 5) is 12.0. The lowest BCUT2D eigenvalue weighted by Gasteiger charge is -2.14.